The molecule has 1 aromatic carbocycles. The SMILES string of the molecule is O=Cc1cc(Br)ccc1C(=O)I. The van der Waals surface area contributed by atoms with Gasteiger partial charge in [-0.1, -0.05) is 15.9 Å². The van der Waals surface area contributed by atoms with Crippen molar-refractivity contribution in [2.45, 2.75) is 0 Å². The van der Waals surface area contributed by atoms with Crippen molar-refractivity contribution in [2.24, 2.45) is 0 Å². The number of halogens is 2. The highest BCUT2D eigenvalue weighted by Gasteiger charge is 2.07. The molecule has 0 aromatic heterocycles. The van der Waals surface area contributed by atoms with Gasteiger partial charge in [0.1, 0.15) is 0 Å². The average molecular weight is 339 g/mol. The van der Waals surface area contributed by atoms with Crippen molar-refractivity contribution in [3.05, 3.63) is 33.8 Å². The van der Waals surface area contributed by atoms with Crippen LogP contribution in [-0.4, -0.2) is 10.1 Å². The number of carbonyl (C=O) groups is 2. The minimum Gasteiger partial charge on any atom is -0.298 e. The molecule has 0 aliphatic heterocycles. The van der Waals surface area contributed by atoms with E-state index in [2.05, 4.69) is 15.9 Å². The average Bonchev–Trinajstić information content (AvgIpc) is 2.03. The normalized spacial score (nSPS) is 9.50. The van der Waals surface area contributed by atoms with Crippen LogP contribution in [0.2, 0.25) is 0 Å². The molecular formula is C8H4BrIO2. The highest BCUT2D eigenvalue weighted by atomic mass is 127. The molecule has 0 spiro atoms. The summed E-state index contributed by atoms with van der Waals surface area (Å²) in [7, 11) is 0. The van der Waals surface area contributed by atoms with Gasteiger partial charge >= 0.3 is 0 Å². The van der Waals surface area contributed by atoms with Crippen molar-refractivity contribution in [3.8, 4) is 0 Å². The molecule has 0 saturated heterocycles. The minimum atomic E-state index is -0.123. The Balaban J connectivity index is 3.29. The van der Waals surface area contributed by atoms with Gasteiger partial charge in [0.2, 0.25) is 3.79 Å². The zero-order chi connectivity index (χ0) is 9.14. The van der Waals surface area contributed by atoms with E-state index in [-0.39, 0.29) is 3.79 Å². The zero-order valence-corrected chi connectivity index (χ0v) is 9.63. The monoisotopic (exact) mass is 338 g/mol. The first-order valence-corrected chi connectivity index (χ1v) is 4.97. The first-order valence-electron chi connectivity index (χ1n) is 3.09. The van der Waals surface area contributed by atoms with Crippen LogP contribution < -0.4 is 0 Å². The molecule has 2 nitrogen and oxygen atoms in total. The summed E-state index contributed by atoms with van der Waals surface area (Å²) < 4.78 is 0.674. The lowest BCUT2D eigenvalue weighted by Gasteiger charge is -1.98. The summed E-state index contributed by atoms with van der Waals surface area (Å²) in [6.07, 6.45) is 0.677. The number of benzene rings is 1. The van der Waals surface area contributed by atoms with E-state index < -0.39 is 0 Å². The lowest BCUT2D eigenvalue weighted by molar-refractivity contribution is 0.108. The van der Waals surface area contributed by atoms with Gasteiger partial charge in [0.15, 0.2) is 6.29 Å². The molecule has 62 valence electrons. The van der Waals surface area contributed by atoms with Crippen LogP contribution >= 0.6 is 38.5 Å². The fraction of sp³-hybridized carbons (Fsp3) is 0. The van der Waals surface area contributed by atoms with Gasteiger partial charge in [0.05, 0.1) is 0 Å². The van der Waals surface area contributed by atoms with E-state index in [0.717, 1.165) is 4.47 Å². The molecular weight excluding hydrogens is 335 g/mol. The molecule has 0 saturated carbocycles. The van der Waals surface area contributed by atoms with Gasteiger partial charge in [-0.25, -0.2) is 0 Å². The molecule has 0 aliphatic rings. The van der Waals surface area contributed by atoms with Crippen molar-refractivity contribution in [3.63, 3.8) is 0 Å². The molecule has 0 aliphatic carbocycles. The van der Waals surface area contributed by atoms with Gasteiger partial charge in [0.25, 0.3) is 0 Å². The fourth-order valence-corrected chi connectivity index (χ4v) is 1.68. The Morgan fingerprint density at radius 3 is 2.67 bits per heavy atom. The molecule has 0 atom stereocenters. The van der Waals surface area contributed by atoms with Gasteiger partial charge in [-0.2, -0.15) is 0 Å². The second-order valence-electron chi connectivity index (χ2n) is 2.12. The number of aldehydes is 1. The summed E-state index contributed by atoms with van der Waals surface area (Å²) in [6, 6.07) is 4.99. The second kappa shape index (κ2) is 4.13. The van der Waals surface area contributed by atoms with Crippen LogP contribution in [0.3, 0.4) is 0 Å². The van der Waals surface area contributed by atoms with Gasteiger partial charge < -0.3 is 0 Å². The van der Waals surface area contributed by atoms with Crippen LogP contribution in [0.15, 0.2) is 22.7 Å². The first kappa shape index (κ1) is 9.85. The molecule has 0 radical (unpaired) electrons. The summed E-state index contributed by atoms with van der Waals surface area (Å²) in [4.78, 5) is 21.5. The number of hydrogen-bond acceptors (Lipinski definition) is 2. The van der Waals surface area contributed by atoms with E-state index in [0.29, 0.717) is 17.4 Å². The molecule has 1 aromatic rings. The molecule has 0 heterocycles. The van der Waals surface area contributed by atoms with Crippen LogP contribution in [0.4, 0.5) is 0 Å². The van der Waals surface area contributed by atoms with E-state index >= 15 is 0 Å². The van der Waals surface area contributed by atoms with Crippen molar-refractivity contribution in [1.82, 2.24) is 0 Å². The Morgan fingerprint density at radius 2 is 2.17 bits per heavy atom. The Morgan fingerprint density at radius 1 is 1.50 bits per heavy atom. The first-order chi connectivity index (χ1) is 5.65. The van der Waals surface area contributed by atoms with Crippen molar-refractivity contribution in [1.29, 1.82) is 0 Å². The van der Waals surface area contributed by atoms with E-state index in [1.807, 2.05) is 0 Å². The summed E-state index contributed by atoms with van der Waals surface area (Å²) >= 11 is 4.87. The van der Waals surface area contributed by atoms with E-state index in [1.54, 1.807) is 40.8 Å². The summed E-state index contributed by atoms with van der Waals surface area (Å²) in [5.74, 6) is 0. The summed E-state index contributed by atoms with van der Waals surface area (Å²) in [5.41, 5.74) is 0.873. The van der Waals surface area contributed by atoms with Crippen LogP contribution in [0.25, 0.3) is 0 Å². The van der Waals surface area contributed by atoms with Gasteiger partial charge in [-0.3, -0.25) is 9.59 Å². The van der Waals surface area contributed by atoms with E-state index in [4.69, 9.17) is 0 Å². The van der Waals surface area contributed by atoms with Crippen LogP contribution in [-0.2, 0) is 0 Å². The lowest BCUT2D eigenvalue weighted by Crippen LogP contribution is -1.95. The molecule has 0 unspecified atom stereocenters. The number of hydrogen-bond donors (Lipinski definition) is 0. The standard InChI is InChI=1S/C8H4BrIO2/c9-6-1-2-7(8(10)12)5(3-6)4-11/h1-4H. The van der Waals surface area contributed by atoms with Crippen molar-refractivity contribution < 1.29 is 9.59 Å². The highest BCUT2D eigenvalue weighted by Crippen LogP contribution is 2.17. The van der Waals surface area contributed by atoms with Crippen LogP contribution in [0.5, 0.6) is 0 Å². The maximum absolute atomic E-state index is 10.9. The second-order valence-corrected chi connectivity index (χ2v) is 4.02. The Bertz CT molecular complexity index is 336. The predicted molar refractivity (Wildman–Crippen MR) is 57.9 cm³/mol. The molecule has 1 rings (SSSR count). The third kappa shape index (κ3) is 2.13. The predicted octanol–water partition coefficient (Wildman–Crippen LogP) is 2.84. The molecule has 0 fully saturated rings. The van der Waals surface area contributed by atoms with Crippen molar-refractivity contribution in [2.75, 3.05) is 0 Å². The molecule has 12 heavy (non-hydrogen) atoms. The highest BCUT2D eigenvalue weighted by molar-refractivity contribution is 14.1. The van der Waals surface area contributed by atoms with Gasteiger partial charge in [-0.15, -0.1) is 0 Å². The lowest BCUT2D eigenvalue weighted by atomic mass is 10.1. The van der Waals surface area contributed by atoms with Gasteiger partial charge in [0, 0.05) is 38.2 Å². The fourth-order valence-electron chi connectivity index (χ4n) is 0.810. The van der Waals surface area contributed by atoms with Crippen LogP contribution in [0.1, 0.15) is 20.7 Å². The maximum Gasteiger partial charge on any atom is 0.223 e. The Labute approximate surface area is 91.6 Å². The number of carbonyl (C=O) groups excluding carboxylic acids is 2. The Kier molecular flexibility index (Phi) is 3.39. The molecule has 0 bridgehead atoms. The summed E-state index contributed by atoms with van der Waals surface area (Å²) in [5, 5.41) is 0. The van der Waals surface area contributed by atoms with Gasteiger partial charge in [-0.05, 0) is 18.2 Å². The maximum atomic E-state index is 10.9. The smallest absolute Gasteiger partial charge is 0.223 e. The molecule has 0 amide bonds. The number of rotatable bonds is 2. The largest absolute Gasteiger partial charge is 0.298 e. The van der Waals surface area contributed by atoms with Crippen LogP contribution in [0, 0.1) is 0 Å². The topological polar surface area (TPSA) is 34.1 Å². The zero-order valence-electron chi connectivity index (χ0n) is 5.88. The summed E-state index contributed by atoms with van der Waals surface area (Å²) in [6.45, 7) is 0. The van der Waals surface area contributed by atoms with E-state index in [9.17, 15) is 9.59 Å². The molecule has 0 N–H and O–H groups in total. The minimum absolute atomic E-state index is 0.123. The molecule has 4 heteroatoms. The quantitative estimate of drug-likeness (QED) is 0.472. The van der Waals surface area contributed by atoms with Crippen molar-refractivity contribution >= 4 is 48.6 Å². The third-order valence-corrected chi connectivity index (χ3v) is 2.43. The Hall–Kier alpha value is -0.230. The third-order valence-electron chi connectivity index (χ3n) is 1.35. The van der Waals surface area contributed by atoms with E-state index in [1.165, 1.54) is 0 Å².